The third-order valence-electron chi connectivity index (χ3n) is 4.37. The predicted octanol–water partition coefficient (Wildman–Crippen LogP) is 4.06. The Hall–Kier alpha value is -1.76. The molecule has 0 unspecified atom stereocenters. The molecule has 6 heteroatoms. The number of rotatable bonds is 3. The number of amides is 1. The van der Waals surface area contributed by atoms with Crippen LogP contribution in [0.25, 0.3) is 20.1 Å². The van der Waals surface area contributed by atoms with Crippen LogP contribution in [0.2, 0.25) is 0 Å². The van der Waals surface area contributed by atoms with Crippen molar-refractivity contribution in [2.24, 2.45) is 0 Å². The average molecular weight is 358 g/mol. The quantitative estimate of drug-likeness (QED) is 0.742. The van der Waals surface area contributed by atoms with Crippen LogP contribution in [0.1, 0.15) is 35.4 Å². The van der Waals surface area contributed by atoms with Crippen molar-refractivity contribution in [2.45, 2.75) is 37.8 Å². The molecule has 2 heterocycles. The van der Waals surface area contributed by atoms with E-state index in [0.717, 1.165) is 50.7 Å². The first-order valence-corrected chi connectivity index (χ1v) is 9.77. The fourth-order valence-corrected chi connectivity index (χ4v) is 4.96. The predicted molar refractivity (Wildman–Crippen MR) is 98.7 cm³/mol. The molecule has 1 fully saturated rings. The number of thiazole rings is 1. The fourth-order valence-electron chi connectivity index (χ4n) is 3.03. The Morgan fingerprint density at radius 1 is 1.08 bits per heavy atom. The summed E-state index contributed by atoms with van der Waals surface area (Å²) >= 11 is 3.14. The number of hydrogen-bond acceptors (Lipinski definition) is 5. The summed E-state index contributed by atoms with van der Waals surface area (Å²) in [5.74, 6) is -0.0197. The van der Waals surface area contributed by atoms with Crippen LogP contribution in [0.15, 0.2) is 36.4 Å². The Bertz CT molecular complexity index is 830. The molecule has 0 spiro atoms. The van der Waals surface area contributed by atoms with Gasteiger partial charge in [-0.2, -0.15) is 0 Å². The monoisotopic (exact) mass is 358 g/mol. The Morgan fingerprint density at radius 3 is 2.67 bits per heavy atom. The molecule has 1 amide bonds. The summed E-state index contributed by atoms with van der Waals surface area (Å²) in [4.78, 5) is 18.8. The van der Waals surface area contributed by atoms with E-state index in [0.29, 0.717) is 0 Å². The highest BCUT2D eigenvalue weighted by molar-refractivity contribution is 7.26. The summed E-state index contributed by atoms with van der Waals surface area (Å²) in [7, 11) is 0. The van der Waals surface area contributed by atoms with E-state index in [-0.39, 0.29) is 18.1 Å². The number of carbonyl (C=O) groups is 1. The van der Waals surface area contributed by atoms with Gasteiger partial charge >= 0.3 is 0 Å². The van der Waals surface area contributed by atoms with Gasteiger partial charge in [-0.05, 0) is 49.9 Å². The molecule has 24 heavy (non-hydrogen) atoms. The third-order valence-corrected chi connectivity index (χ3v) is 6.66. The van der Waals surface area contributed by atoms with Crippen molar-refractivity contribution in [2.75, 3.05) is 0 Å². The van der Waals surface area contributed by atoms with E-state index in [1.54, 1.807) is 11.3 Å². The molecule has 0 atom stereocenters. The lowest BCUT2D eigenvalue weighted by Crippen LogP contribution is -2.38. The highest BCUT2D eigenvalue weighted by Gasteiger charge is 2.22. The van der Waals surface area contributed by atoms with E-state index in [9.17, 15) is 9.90 Å². The minimum atomic E-state index is -0.203. The molecule has 1 saturated carbocycles. The number of fused-ring (bicyclic) bond motifs is 1. The van der Waals surface area contributed by atoms with Crippen molar-refractivity contribution in [3.8, 4) is 9.88 Å². The number of thiophene rings is 1. The first kappa shape index (κ1) is 15.7. The van der Waals surface area contributed by atoms with Crippen LogP contribution in [0, 0.1) is 0 Å². The highest BCUT2D eigenvalue weighted by atomic mass is 32.1. The fraction of sp³-hybridized carbons (Fsp3) is 0.333. The first-order chi connectivity index (χ1) is 11.7. The molecule has 2 aromatic heterocycles. The van der Waals surface area contributed by atoms with E-state index >= 15 is 0 Å². The van der Waals surface area contributed by atoms with Crippen LogP contribution in [0.3, 0.4) is 0 Å². The number of aliphatic hydroxyl groups is 1. The summed E-state index contributed by atoms with van der Waals surface area (Å²) in [6.45, 7) is 0. The van der Waals surface area contributed by atoms with E-state index < -0.39 is 0 Å². The smallest absolute Gasteiger partial charge is 0.261 e. The standard InChI is InChI=1S/C18H18N2O2S2/c21-12-7-5-11(6-8-12)19-17(22)15-9-10-16(23-15)18-20-13-3-1-2-4-14(13)24-18/h1-4,9-12,21H,5-8H2,(H,19,22). The number of hydrogen-bond donors (Lipinski definition) is 2. The van der Waals surface area contributed by atoms with Gasteiger partial charge in [0.15, 0.2) is 0 Å². The molecule has 0 saturated heterocycles. The molecule has 2 N–H and O–H groups in total. The van der Waals surface area contributed by atoms with Crippen LogP contribution < -0.4 is 5.32 Å². The summed E-state index contributed by atoms with van der Waals surface area (Å²) in [5, 5.41) is 13.6. The first-order valence-electron chi connectivity index (χ1n) is 8.14. The van der Waals surface area contributed by atoms with Gasteiger partial charge in [0, 0.05) is 6.04 Å². The number of aromatic nitrogens is 1. The van der Waals surface area contributed by atoms with Gasteiger partial charge in [-0.3, -0.25) is 4.79 Å². The summed E-state index contributed by atoms with van der Waals surface area (Å²) in [6, 6.07) is 12.1. The SMILES string of the molecule is O=C(NC1CCC(O)CC1)c1ccc(-c2nc3ccccc3s2)s1. The van der Waals surface area contributed by atoms with Crippen molar-refractivity contribution in [3.05, 3.63) is 41.3 Å². The van der Waals surface area contributed by atoms with Gasteiger partial charge in [-0.25, -0.2) is 4.98 Å². The maximum absolute atomic E-state index is 12.4. The second-order valence-corrected chi connectivity index (χ2v) is 8.24. The average Bonchev–Trinajstić information content (AvgIpc) is 3.23. The number of benzene rings is 1. The van der Waals surface area contributed by atoms with E-state index in [4.69, 9.17) is 0 Å². The summed E-state index contributed by atoms with van der Waals surface area (Å²) in [6.07, 6.45) is 3.04. The second kappa shape index (κ2) is 6.63. The van der Waals surface area contributed by atoms with Crippen molar-refractivity contribution < 1.29 is 9.90 Å². The van der Waals surface area contributed by atoms with Crippen molar-refractivity contribution in [3.63, 3.8) is 0 Å². The zero-order valence-corrected chi connectivity index (χ0v) is 14.7. The van der Waals surface area contributed by atoms with E-state index in [2.05, 4.69) is 16.4 Å². The maximum atomic E-state index is 12.4. The Labute approximate surface area is 148 Å². The van der Waals surface area contributed by atoms with Crippen LogP contribution in [0.4, 0.5) is 0 Å². The Balaban J connectivity index is 1.48. The molecule has 0 bridgehead atoms. The minimum Gasteiger partial charge on any atom is -0.393 e. The van der Waals surface area contributed by atoms with Gasteiger partial charge in [0.05, 0.1) is 26.1 Å². The van der Waals surface area contributed by atoms with Gasteiger partial charge in [0.1, 0.15) is 5.01 Å². The summed E-state index contributed by atoms with van der Waals surface area (Å²) < 4.78 is 1.16. The maximum Gasteiger partial charge on any atom is 0.261 e. The van der Waals surface area contributed by atoms with Gasteiger partial charge in [0.25, 0.3) is 5.91 Å². The highest BCUT2D eigenvalue weighted by Crippen LogP contribution is 2.34. The van der Waals surface area contributed by atoms with Crippen molar-refractivity contribution in [1.29, 1.82) is 0 Å². The Kier molecular flexibility index (Phi) is 4.35. The third kappa shape index (κ3) is 3.22. The number of para-hydroxylation sites is 1. The molecule has 1 aromatic carbocycles. The minimum absolute atomic E-state index is 0.0197. The van der Waals surface area contributed by atoms with Gasteiger partial charge in [0.2, 0.25) is 0 Å². The lowest BCUT2D eigenvalue weighted by atomic mass is 9.93. The van der Waals surface area contributed by atoms with Gasteiger partial charge in [-0.15, -0.1) is 22.7 Å². The van der Waals surface area contributed by atoms with Crippen LogP contribution in [-0.4, -0.2) is 28.1 Å². The van der Waals surface area contributed by atoms with Crippen molar-refractivity contribution >= 4 is 38.8 Å². The zero-order chi connectivity index (χ0) is 16.5. The van der Waals surface area contributed by atoms with Crippen molar-refractivity contribution in [1.82, 2.24) is 10.3 Å². The van der Waals surface area contributed by atoms with Crippen LogP contribution in [0.5, 0.6) is 0 Å². The number of aliphatic hydroxyl groups excluding tert-OH is 1. The number of carbonyl (C=O) groups excluding carboxylic acids is 1. The molecular formula is C18H18N2O2S2. The van der Waals surface area contributed by atoms with Crippen LogP contribution >= 0.6 is 22.7 Å². The lowest BCUT2D eigenvalue weighted by Gasteiger charge is -2.25. The molecule has 0 aliphatic heterocycles. The molecule has 1 aliphatic rings. The summed E-state index contributed by atoms with van der Waals surface area (Å²) in [5.41, 5.74) is 0.998. The molecule has 4 nitrogen and oxygen atoms in total. The lowest BCUT2D eigenvalue weighted by molar-refractivity contribution is 0.0871. The molecule has 3 aromatic rings. The largest absolute Gasteiger partial charge is 0.393 e. The second-order valence-electron chi connectivity index (χ2n) is 6.13. The van der Waals surface area contributed by atoms with E-state index in [1.165, 1.54) is 11.3 Å². The number of nitrogens with one attached hydrogen (secondary N) is 1. The molecular weight excluding hydrogens is 340 g/mol. The van der Waals surface area contributed by atoms with Crippen LogP contribution in [-0.2, 0) is 0 Å². The van der Waals surface area contributed by atoms with E-state index in [1.807, 2.05) is 30.3 Å². The van der Waals surface area contributed by atoms with Gasteiger partial charge < -0.3 is 10.4 Å². The molecule has 1 aliphatic carbocycles. The molecule has 4 rings (SSSR count). The Morgan fingerprint density at radius 2 is 1.88 bits per heavy atom. The van der Waals surface area contributed by atoms with Gasteiger partial charge in [-0.1, -0.05) is 12.1 Å². The molecule has 0 radical (unpaired) electrons. The number of nitrogens with zero attached hydrogens (tertiary/aromatic N) is 1. The molecule has 124 valence electrons. The normalized spacial score (nSPS) is 21.0. The topological polar surface area (TPSA) is 62.2 Å². The zero-order valence-electron chi connectivity index (χ0n) is 13.1.